The molecule has 4 aliphatic carbocycles. The molecule has 2 unspecified atom stereocenters. The molecule has 0 amide bonds. The first-order chi connectivity index (χ1) is 19.6. The molecule has 9 rings (SSSR count). The van der Waals surface area contributed by atoms with Crippen LogP contribution in [-0.2, 0) is 0 Å². The summed E-state index contributed by atoms with van der Waals surface area (Å²) in [6, 6.07) is 12.2. The standard InChI is InChI=1S/C36H22O4/c1-39-27-15-25-17-7-3-5-9-19(17)35(37)23-14-12-22-32-28(40-2)16-26-18-8-4-6-10-20(18)36(38)24-13-11-21(34(32)30(24)26)31(27)33(22)29(23)25/h3-16,19-20H,1-2H3. The van der Waals surface area contributed by atoms with Crippen LogP contribution in [0.4, 0.5) is 0 Å². The molecule has 4 heteroatoms. The Labute approximate surface area is 228 Å². The van der Waals surface area contributed by atoms with Crippen molar-refractivity contribution in [3.8, 4) is 11.5 Å². The van der Waals surface area contributed by atoms with Crippen molar-refractivity contribution < 1.29 is 19.1 Å². The van der Waals surface area contributed by atoms with Crippen LogP contribution in [0, 0.1) is 11.8 Å². The Hall–Kier alpha value is -4.96. The fraction of sp³-hybridized carbons (Fsp3) is 0.111. The van der Waals surface area contributed by atoms with Crippen molar-refractivity contribution in [2.24, 2.45) is 11.8 Å². The maximum absolute atomic E-state index is 13.8. The van der Waals surface area contributed by atoms with Crippen LogP contribution in [-0.4, -0.2) is 25.8 Å². The summed E-state index contributed by atoms with van der Waals surface area (Å²) in [5, 5.41) is 9.84. The van der Waals surface area contributed by atoms with Crippen molar-refractivity contribution in [1.29, 1.82) is 0 Å². The van der Waals surface area contributed by atoms with E-state index < -0.39 is 0 Å². The first-order valence-electron chi connectivity index (χ1n) is 13.5. The van der Waals surface area contributed by atoms with Gasteiger partial charge < -0.3 is 9.47 Å². The third-order valence-electron chi connectivity index (χ3n) is 9.24. The highest BCUT2D eigenvalue weighted by molar-refractivity contribution is 6.39. The second-order valence-corrected chi connectivity index (χ2v) is 10.9. The highest BCUT2D eigenvalue weighted by atomic mass is 16.5. The van der Waals surface area contributed by atoms with Gasteiger partial charge in [-0.15, -0.1) is 0 Å². The quantitative estimate of drug-likeness (QED) is 0.215. The summed E-state index contributed by atoms with van der Waals surface area (Å²) in [5.74, 6) is 1.13. The molecular weight excluding hydrogens is 496 g/mol. The summed E-state index contributed by atoms with van der Waals surface area (Å²) in [6.07, 6.45) is 15.9. The maximum Gasteiger partial charge on any atom is 0.174 e. The first-order valence-corrected chi connectivity index (χ1v) is 13.5. The van der Waals surface area contributed by atoms with E-state index in [1.54, 1.807) is 14.2 Å². The van der Waals surface area contributed by atoms with E-state index in [1.807, 2.05) is 60.7 Å². The molecule has 0 saturated carbocycles. The lowest BCUT2D eigenvalue weighted by molar-refractivity contribution is 0.0961. The number of benzene rings is 5. The van der Waals surface area contributed by atoms with Gasteiger partial charge >= 0.3 is 0 Å². The second-order valence-electron chi connectivity index (χ2n) is 10.9. The van der Waals surface area contributed by atoms with Gasteiger partial charge in [-0.05, 0) is 44.5 Å². The number of rotatable bonds is 2. The Morgan fingerprint density at radius 1 is 0.550 bits per heavy atom. The molecule has 5 aromatic rings. The number of hydrogen-bond donors (Lipinski definition) is 0. The van der Waals surface area contributed by atoms with Gasteiger partial charge in [0.15, 0.2) is 11.6 Å². The van der Waals surface area contributed by atoms with E-state index >= 15 is 0 Å². The fourth-order valence-electron chi connectivity index (χ4n) is 7.61. The van der Waals surface area contributed by atoms with Gasteiger partial charge in [-0.25, -0.2) is 0 Å². The molecule has 4 nitrogen and oxygen atoms in total. The van der Waals surface area contributed by atoms with Crippen molar-refractivity contribution >= 4 is 65.8 Å². The molecule has 40 heavy (non-hydrogen) atoms. The SMILES string of the molecule is COc1cc2c3c(ccc4c5c(OC)cc6c7c(ccc(c1c34)c75)C(=O)C1C=CC=CC=61)C(=O)C1C=CC=CC=21. The molecule has 4 aliphatic rings. The monoisotopic (exact) mass is 518 g/mol. The van der Waals surface area contributed by atoms with Crippen LogP contribution in [0.3, 0.4) is 0 Å². The third kappa shape index (κ3) is 2.39. The van der Waals surface area contributed by atoms with Crippen LogP contribution in [0.1, 0.15) is 20.7 Å². The van der Waals surface area contributed by atoms with Gasteiger partial charge in [0.2, 0.25) is 0 Å². The van der Waals surface area contributed by atoms with Crippen molar-refractivity contribution in [2.75, 3.05) is 14.2 Å². The van der Waals surface area contributed by atoms with E-state index in [0.717, 1.165) is 87.3 Å². The van der Waals surface area contributed by atoms with Crippen molar-refractivity contribution in [3.05, 3.63) is 107 Å². The van der Waals surface area contributed by atoms with Crippen molar-refractivity contribution in [3.63, 3.8) is 0 Å². The Morgan fingerprint density at radius 2 is 1.00 bits per heavy atom. The lowest BCUT2D eigenvalue weighted by Gasteiger charge is -2.28. The molecule has 2 atom stereocenters. The lowest BCUT2D eigenvalue weighted by Crippen LogP contribution is -2.28. The van der Waals surface area contributed by atoms with Crippen LogP contribution < -0.4 is 19.9 Å². The highest BCUT2D eigenvalue weighted by Crippen LogP contribution is 2.49. The molecular formula is C36H22O4. The van der Waals surface area contributed by atoms with Crippen molar-refractivity contribution in [2.45, 2.75) is 0 Å². The average molecular weight is 519 g/mol. The molecule has 0 fully saturated rings. The van der Waals surface area contributed by atoms with Crippen LogP contribution in [0.5, 0.6) is 11.5 Å². The topological polar surface area (TPSA) is 52.6 Å². The predicted molar refractivity (Wildman–Crippen MR) is 159 cm³/mol. The van der Waals surface area contributed by atoms with Gasteiger partial charge in [-0.3, -0.25) is 9.59 Å². The molecule has 0 aliphatic heterocycles. The number of fused-ring (bicyclic) bond motifs is 4. The summed E-state index contributed by atoms with van der Waals surface area (Å²) in [7, 11) is 3.40. The normalized spacial score (nSPS) is 20.4. The Balaban J connectivity index is 1.62. The van der Waals surface area contributed by atoms with Crippen LogP contribution in [0.2, 0.25) is 0 Å². The average Bonchev–Trinajstić information content (AvgIpc) is 3.01. The molecule has 0 aromatic heterocycles. The van der Waals surface area contributed by atoms with Gasteiger partial charge in [0.05, 0.1) is 26.1 Å². The minimum absolute atomic E-state index is 0.110. The molecule has 0 heterocycles. The summed E-state index contributed by atoms with van der Waals surface area (Å²) >= 11 is 0. The zero-order chi connectivity index (χ0) is 26.9. The van der Waals surface area contributed by atoms with E-state index in [2.05, 4.69) is 24.3 Å². The van der Waals surface area contributed by atoms with Gasteiger partial charge in [0.25, 0.3) is 0 Å². The van der Waals surface area contributed by atoms with Gasteiger partial charge in [0, 0.05) is 43.4 Å². The van der Waals surface area contributed by atoms with Crippen LogP contribution >= 0.6 is 0 Å². The molecule has 0 saturated heterocycles. The van der Waals surface area contributed by atoms with E-state index in [0.29, 0.717) is 0 Å². The van der Waals surface area contributed by atoms with E-state index in [9.17, 15) is 9.59 Å². The highest BCUT2D eigenvalue weighted by Gasteiger charge is 2.34. The third-order valence-corrected chi connectivity index (χ3v) is 9.24. The fourth-order valence-corrected chi connectivity index (χ4v) is 7.61. The summed E-state index contributed by atoms with van der Waals surface area (Å²) < 4.78 is 12.2. The number of allylic oxidation sites excluding steroid dienone is 8. The second kappa shape index (κ2) is 7.36. The maximum atomic E-state index is 13.8. The van der Waals surface area contributed by atoms with Gasteiger partial charge in [0.1, 0.15) is 11.5 Å². The van der Waals surface area contributed by atoms with Gasteiger partial charge in [-0.1, -0.05) is 72.9 Å². The molecule has 5 aromatic carbocycles. The summed E-state index contributed by atoms with van der Waals surface area (Å²) in [6.45, 7) is 0. The van der Waals surface area contributed by atoms with E-state index in [1.165, 1.54) is 0 Å². The summed E-state index contributed by atoms with van der Waals surface area (Å²) in [4.78, 5) is 27.5. The molecule has 0 N–H and O–H groups in total. The van der Waals surface area contributed by atoms with Crippen molar-refractivity contribution in [1.82, 2.24) is 0 Å². The van der Waals surface area contributed by atoms with E-state index in [-0.39, 0.29) is 23.4 Å². The first kappa shape index (κ1) is 21.9. The molecule has 0 radical (unpaired) electrons. The van der Waals surface area contributed by atoms with E-state index in [4.69, 9.17) is 9.47 Å². The Morgan fingerprint density at radius 3 is 1.43 bits per heavy atom. The van der Waals surface area contributed by atoms with Gasteiger partial charge in [-0.2, -0.15) is 0 Å². The number of ether oxygens (including phenoxy) is 2. The molecule has 0 spiro atoms. The van der Waals surface area contributed by atoms with Crippen LogP contribution in [0.25, 0.3) is 54.2 Å². The number of ketones is 2. The zero-order valence-corrected chi connectivity index (χ0v) is 21.9. The molecule has 0 bridgehead atoms. The number of carbonyl (C=O) groups is 2. The lowest BCUT2D eigenvalue weighted by atomic mass is 9.75. The largest absolute Gasteiger partial charge is 0.496 e. The minimum Gasteiger partial charge on any atom is -0.496 e. The number of carbonyl (C=O) groups excluding carboxylic acids is 2. The molecule has 190 valence electrons. The smallest absolute Gasteiger partial charge is 0.174 e. The minimum atomic E-state index is -0.299. The Bertz CT molecular complexity index is 2160. The summed E-state index contributed by atoms with van der Waals surface area (Å²) in [5.41, 5.74) is 3.45. The zero-order valence-electron chi connectivity index (χ0n) is 21.9. The Kier molecular flexibility index (Phi) is 4.03. The number of hydrogen-bond acceptors (Lipinski definition) is 4. The van der Waals surface area contributed by atoms with Crippen LogP contribution in [0.15, 0.2) is 85.0 Å². The number of Topliss-reactive ketones (excluding diaryl/α,β-unsaturated/α-hetero) is 2. The number of methoxy groups -OCH3 is 2. The predicted octanol–water partition coefficient (Wildman–Crippen LogP) is 5.93.